The van der Waals surface area contributed by atoms with Gasteiger partial charge in [-0.1, -0.05) is 37.3 Å². The number of hydrogen-bond acceptors (Lipinski definition) is 5. The fraction of sp³-hybridized carbons (Fsp3) is 0.417. The predicted molar refractivity (Wildman–Crippen MR) is 124 cm³/mol. The van der Waals surface area contributed by atoms with E-state index in [4.69, 9.17) is 9.84 Å². The predicted octanol–water partition coefficient (Wildman–Crippen LogP) is 3.47. The zero-order valence-corrected chi connectivity index (χ0v) is 18.6. The van der Waals surface area contributed by atoms with Gasteiger partial charge >= 0.3 is 0 Å². The van der Waals surface area contributed by atoms with Gasteiger partial charge < -0.3 is 20.4 Å². The van der Waals surface area contributed by atoms with Crippen LogP contribution in [-0.4, -0.2) is 52.4 Å². The van der Waals surface area contributed by atoms with E-state index in [1.807, 2.05) is 6.20 Å². The number of amides is 1. The summed E-state index contributed by atoms with van der Waals surface area (Å²) < 4.78 is 7.16. The van der Waals surface area contributed by atoms with Crippen LogP contribution in [0, 0.1) is 5.92 Å². The molecule has 1 amide bonds. The van der Waals surface area contributed by atoms with Crippen LogP contribution in [0.2, 0.25) is 0 Å². The first-order valence-corrected chi connectivity index (χ1v) is 11.2. The number of fused-ring (bicyclic) bond motifs is 3. The smallest absolute Gasteiger partial charge is 0.251 e. The van der Waals surface area contributed by atoms with Crippen LogP contribution in [0.3, 0.4) is 0 Å². The van der Waals surface area contributed by atoms with Gasteiger partial charge in [-0.15, -0.1) is 0 Å². The number of anilines is 2. The highest BCUT2D eigenvalue weighted by atomic mass is 16.5. The number of benzene rings is 1. The number of aromatic amines is 1. The zero-order chi connectivity index (χ0) is 22.1. The molecule has 1 saturated heterocycles. The average molecular weight is 435 g/mol. The van der Waals surface area contributed by atoms with Crippen molar-refractivity contribution in [2.24, 2.45) is 5.92 Å². The first kappa shape index (κ1) is 20.8. The van der Waals surface area contributed by atoms with E-state index in [9.17, 15) is 4.79 Å². The van der Waals surface area contributed by atoms with Crippen molar-refractivity contribution in [2.45, 2.75) is 32.5 Å². The maximum Gasteiger partial charge on any atom is 0.251 e. The van der Waals surface area contributed by atoms with Crippen LogP contribution in [0.25, 0.3) is 11.3 Å². The topological polar surface area (TPSA) is 87.2 Å². The molecule has 4 heterocycles. The number of aromatic nitrogens is 3. The molecule has 1 fully saturated rings. The number of carbonyl (C=O) groups excluding carboxylic acids is 1. The fourth-order valence-electron chi connectivity index (χ4n) is 4.87. The third-order valence-corrected chi connectivity index (χ3v) is 6.55. The summed E-state index contributed by atoms with van der Waals surface area (Å²) in [4.78, 5) is 18.1. The first-order valence-electron chi connectivity index (χ1n) is 11.2. The maximum atomic E-state index is 12.3. The van der Waals surface area contributed by atoms with Gasteiger partial charge in [0.15, 0.2) is 5.82 Å². The van der Waals surface area contributed by atoms with Gasteiger partial charge in [0.2, 0.25) is 0 Å². The lowest BCUT2D eigenvalue weighted by Gasteiger charge is -2.38. The minimum atomic E-state index is -0.192. The highest BCUT2D eigenvalue weighted by Crippen LogP contribution is 2.42. The molecule has 2 aliphatic heterocycles. The average Bonchev–Trinajstić information content (AvgIpc) is 3.41. The monoisotopic (exact) mass is 434 g/mol. The molecule has 168 valence electrons. The third-order valence-electron chi connectivity index (χ3n) is 6.55. The van der Waals surface area contributed by atoms with Crippen molar-refractivity contribution in [3.8, 4) is 11.3 Å². The minimum absolute atomic E-state index is 0.00908. The van der Waals surface area contributed by atoms with Gasteiger partial charge in [-0.3, -0.25) is 14.4 Å². The number of methoxy groups -OCH3 is 1. The molecule has 2 atom stereocenters. The largest absolute Gasteiger partial charge is 0.375 e. The van der Waals surface area contributed by atoms with Gasteiger partial charge in [-0.05, 0) is 30.5 Å². The van der Waals surface area contributed by atoms with Crippen LogP contribution < -0.4 is 10.6 Å². The Hall–Kier alpha value is -3.10. The van der Waals surface area contributed by atoms with Crippen LogP contribution in [0.5, 0.6) is 0 Å². The van der Waals surface area contributed by atoms with Crippen LogP contribution in [0.15, 0.2) is 42.6 Å². The maximum absolute atomic E-state index is 12.3. The van der Waals surface area contributed by atoms with E-state index in [-0.39, 0.29) is 18.6 Å². The summed E-state index contributed by atoms with van der Waals surface area (Å²) in [7, 11) is 1.52. The van der Waals surface area contributed by atoms with Crippen molar-refractivity contribution in [2.75, 3.05) is 37.4 Å². The summed E-state index contributed by atoms with van der Waals surface area (Å²) >= 11 is 0. The summed E-state index contributed by atoms with van der Waals surface area (Å²) in [6.45, 7) is 5.85. The number of nitrogens with zero attached hydrogens (tertiary/aromatic N) is 3. The Morgan fingerprint density at radius 2 is 2.12 bits per heavy atom. The molecule has 1 aromatic carbocycles. The number of rotatable bonds is 6. The molecule has 0 radical (unpaired) electrons. The van der Waals surface area contributed by atoms with Crippen molar-refractivity contribution >= 4 is 17.5 Å². The Kier molecular flexibility index (Phi) is 5.71. The highest BCUT2D eigenvalue weighted by Gasteiger charge is 2.34. The SMILES string of the molecule is COCC(=O)Nc1nn([C@H]2CN(Cc3ccccc3)CC[C@H]2C)c2c1CNc1[nH]ccc1-2. The van der Waals surface area contributed by atoms with Crippen molar-refractivity contribution in [3.05, 3.63) is 53.7 Å². The number of likely N-dealkylation sites (tertiary alicyclic amines) is 1. The quantitative estimate of drug-likeness (QED) is 0.553. The number of hydrogen-bond donors (Lipinski definition) is 3. The Labute approximate surface area is 187 Å². The molecule has 0 saturated carbocycles. The lowest BCUT2D eigenvalue weighted by molar-refractivity contribution is -0.119. The molecular weight excluding hydrogens is 404 g/mol. The van der Waals surface area contributed by atoms with E-state index in [1.165, 1.54) is 12.7 Å². The summed E-state index contributed by atoms with van der Waals surface area (Å²) in [5.41, 5.74) is 4.53. The van der Waals surface area contributed by atoms with Gasteiger partial charge in [0.1, 0.15) is 12.4 Å². The molecule has 32 heavy (non-hydrogen) atoms. The van der Waals surface area contributed by atoms with E-state index in [0.29, 0.717) is 18.3 Å². The van der Waals surface area contributed by atoms with Crippen molar-refractivity contribution in [1.29, 1.82) is 0 Å². The van der Waals surface area contributed by atoms with Gasteiger partial charge in [-0.25, -0.2) is 0 Å². The second-order valence-corrected chi connectivity index (χ2v) is 8.78. The summed E-state index contributed by atoms with van der Waals surface area (Å²) in [6, 6.07) is 12.9. The van der Waals surface area contributed by atoms with E-state index < -0.39 is 0 Å². The molecule has 3 aromatic rings. The van der Waals surface area contributed by atoms with Crippen LogP contribution in [-0.2, 0) is 22.6 Å². The first-order chi connectivity index (χ1) is 15.6. The fourth-order valence-corrected chi connectivity index (χ4v) is 4.87. The molecule has 0 unspecified atom stereocenters. The molecule has 2 aromatic heterocycles. The third kappa shape index (κ3) is 3.91. The number of nitrogens with one attached hydrogen (secondary N) is 3. The Morgan fingerprint density at radius 1 is 1.28 bits per heavy atom. The van der Waals surface area contributed by atoms with E-state index >= 15 is 0 Å². The van der Waals surface area contributed by atoms with E-state index in [2.05, 4.69) is 68.5 Å². The Bertz CT molecular complexity index is 1090. The van der Waals surface area contributed by atoms with Crippen LogP contribution in [0.1, 0.15) is 30.5 Å². The molecule has 0 spiro atoms. The highest BCUT2D eigenvalue weighted by molar-refractivity contribution is 5.93. The zero-order valence-electron chi connectivity index (χ0n) is 18.6. The lowest BCUT2D eigenvalue weighted by atomic mass is 9.92. The van der Waals surface area contributed by atoms with Crippen LogP contribution >= 0.6 is 0 Å². The minimum Gasteiger partial charge on any atom is -0.375 e. The lowest BCUT2D eigenvalue weighted by Crippen LogP contribution is -2.41. The Balaban J connectivity index is 1.49. The molecule has 5 rings (SSSR count). The molecule has 8 heteroatoms. The molecule has 2 aliphatic rings. The molecule has 3 N–H and O–H groups in total. The summed E-state index contributed by atoms with van der Waals surface area (Å²) in [5, 5.41) is 11.3. The van der Waals surface area contributed by atoms with Crippen molar-refractivity contribution < 1.29 is 9.53 Å². The summed E-state index contributed by atoms with van der Waals surface area (Å²) in [5.74, 6) is 1.90. The van der Waals surface area contributed by atoms with Gasteiger partial charge in [0.05, 0.1) is 11.7 Å². The molecule has 0 aliphatic carbocycles. The standard InChI is InChI=1S/C24H30N6O2/c1-16-9-11-29(13-17-6-4-3-5-7-17)14-20(16)30-22-18-8-10-25-23(18)26-12-19(22)24(28-30)27-21(31)15-32-2/h3-8,10,16,20,25-26H,9,11-15H2,1-2H3,(H,27,28,31)/t16-,20+/m1/s1. The number of ether oxygens (including phenoxy) is 1. The Morgan fingerprint density at radius 3 is 2.94 bits per heavy atom. The van der Waals surface area contributed by atoms with Gasteiger partial charge in [-0.2, -0.15) is 5.10 Å². The number of carbonyl (C=O) groups is 1. The molecule has 8 nitrogen and oxygen atoms in total. The summed E-state index contributed by atoms with van der Waals surface area (Å²) in [6.07, 6.45) is 3.05. The van der Waals surface area contributed by atoms with Crippen molar-refractivity contribution in [1.82, 2.24) is 19.7 Å². The number of H-pyrrole nitrogens is 1. The van der Waals surface area contributed by atoms with Gasteiger partial charge in [0.25, 0.3) is 5.91 Å². The van der Waals surface area contributed by atoms with Crippen LogP contribution in [0.4, 0.5) is 11.6 Å². The molecule has 0 bridgehead atoms. The second-order valence-electron chi connectivity index (χ2n) is 8.78. The van der Waals surface area contributed by atoms with Gasteiger partial charge in [0, 0.05) is 44.1 Å². The normalized spacial score (nSPS) is 20.3. The second kappa shape index (κ2) is 8.80. The number of piperidine rings is 1. The molecular formula is C24H30N6O2. The van der Waals surface area contributed by atoms with Crippen molar-refractivity contribution in [3.63, 3.8) is 0 Å². The van der Waals surface area contributed by atoms with E-state index in [1.54, 1.807) is 0 Å². The van der Waals surface area contributed by atoms with E-state index in [0.717, 1.165) is 48.7 Å².